The summed E-state index contributed by atoms with van der Waals surface area (Å²) >= 11 is 0. The van der Waals surface area contributed by atoms with E-state index in [0.717, 1.165) is 44.1 Å². The molecule has 1 aromatic rings. The number of hydrogen-bond acceptors (Lipinski definition) is 9. The molecule has 4 N–H and O–H groups in total. The van der Waals surface area contributed by atoms with E-state index in [9.17, 15) is 24.0 Å². The van der Waals surface area contributed by atoms with Crippen LogP contribution >= 0.6 is 0 Å². The third-order valence-electron chi connectivity index (χ3n) is 8.78. The summed E-state index contributed by atoms with van der Waals surface area (Å²) in [6.07, 6.45) is 4.88. The number of benzene rings is 1. The van der Waals surface area contributed by atoms with E-state index in [-0.39, 0.29) is 30.7 Å². The van der Waals surface area contributed by atoms with Crippen LogP contribution in [0.4, 0.5) is 9.59 Å². The van der Waals surface area contributed by atoms with Crippen LogP contribution in [-0.2, 0) is 35.0 Å². The number of unbranched alkanes of at least 4 members (excludes halogenated alkanes) is 1. The second kappa shape index (κ2) is 22.0. The van der Waals surface area contributed by atoms with E-state index >= 15 is 0 Å². The summed E-state index contributed by atoms with van der Waals surface area (Å²) < 4.78 is 15.7. The smallest absolute Gasteiger partial charge is 0.407 e. The van der Waals surface area contributed by atoms with Crippen molar-refractivity contribution in [1.82, 2.24) is 26.4 Å². The summed E-state index contributed by atoms with van der Waals surface area (Å²) in [6.45, 7) is 9.80. The number of nitrogens with one attached hydrogen (secondary N) is 4. The van der Waals surface area contributed by atoms with E-state index in [4.69, 9.17) is 14.2 Å². The van der Waals surface area contributed by atoms with Crippen LogP contribution < -0.4 is 21.4 Å². The molecular weight excluding hydrogens is 630 g/mol. The van der Waals surface area contributed by atoms with Gasteiger partial charge >= 0.3 is 18.2 Å². The lowest BCUT2D eigenvalue weighted by Gasteiger charge is -2.36. The quantitative estimate of drug-likeness (QED) is 0.0931. The maximum absolute atomic E-state index is 13.8. The van der Waals surface area contributed by atoms with Crippen molar-refractivity contribution in [1.29, 1.82) is 0 Å². The van der Waals surface area contributed by atoms with E-state index < -0.39 is 54.2 Å². The average molecular weight is 690 g/mol. The lowest BCUT2D eigenvalue weighted by molar-refractivity contribution is -0.154. The summed E-state index contributed by atoms with van der Waals surface area (Å²) in [5.41, 5.74) is 3.91. The molecular formula is C36H59N5O8. The van der Waals surface area contributed by atoms with Crippen LogP contribution in [0.3, 0.4) is 0 Å². The number of esters is 1. The summed E-state index contributed by atoms with van der Waals surface area (Å²) in [4.78, 5) is 65.0. The van der Waals surface area contributed by atoms with Crippen molar-refractivity contribution in [2.75, 3.05) is 27.3 Å². The molecule has 0 saturated heterocycles. The zero-order chi connectivity index (χ0) is 36.3. The van der Waals surface area contributed by atoms with Gasteiger partial charge in [-0.2, -0.15) is 0 Å². The molecule has 2 rings (SSSR count). The largest absolute Gasteiger partial charge is 0.459 e. The predicted octanol–water partition coefficient (Wildman–Crippen LogP) is 4.49. The average Bonchev–Trinajstić information content (AvgIpc) is 3.08. The number of rotatable bonds is 19. The van der Waals surface area contributed by atoms with Crippen LogP contribution in [0.5, 0.6) is 0 Å². The Morgan fingerprint density at radius 1 is 0.816 bits per heavy atom. The van der Waals surface area contributed by atoms with Crippen LogP contribution in [0, 0.1) is 17.8 Å². The lowest BCUT2D eigenvalue weighted by atomic mass is 9.89. The number of nitrogens with zero attached hydrogens (tertiary/aromatic N) is 1. The van der Waals surface area contributed by atoms with Gasteiger partial charge in [-0.25, -0.2) is 14.6 Å². The van der Waals surface area contributed by atoms with Crippen LogP contribution in [0.2, 0.25) is 0 Å². The number of carbonyl (C=O) groups excluding carboxylic acids is 5. The molecule has 0 aromatic heterocycles. The molecule has 1 fully saturated rings. The first-order valence-corrected chi connectivity index (χ1v) is 17.7. The highest BCUT2D eigenvalue weighted by molar-refractivity contribution is 5.86. The molecule has 0 heterocycles. The van der Waals surface area contributed by atoms with Gasteiger partial charge in [0.1, 0.15) is 18.2 Å². The second-order valence-electron chi connectivity index (χ2n) is 13.5. The standard InChI is InChI=1S/C36H59N5O8/c1-8-9-20-30(42)49-29(28(21-26-16-12-10-13-17-26)37-33(43)31(24(2)3)38-35(45)47-6)23-41(22-27-18-14-11-15-19-27)40-34(44)32(25(4)5)39-36(46)48-7/h10,12-13,16-17,24-25,27-29,31-32H,8-9,11,14-15,18-23H2,1-7H3,(H,37,43)(H,38,45)(H,39,46)(H,40,44). The minimum Gasteiger partial charge on any atom is -0.459 e. The van der Waals surface area contributed by atoms with Crippen molar-refractivity contribution in [3.05, 3.63) is 35.9 Å². The topological polar surface area (TPSA) is 164 Å². The molecule has 1 aliphatic carbocycles. The number of methoxy groups -OCH3 is 2. The summed E-state index contributed by atoms with van der Waals surface area (Å²) in [6, 6.07) is 6.98. The Bertz CT molecular complexity index is 1180. The number of ether oxygens (including phenoxy) is 3. The van der Waals surface area contributed by atoms with Gasteiger partial charge in [0.15, 0.2) is 0 Å². The first-order valence-electron chi connectivity index (χ1n) is 17.7. The van der Waals surface area contributed by atoms with Gasteiger partial charge in [0.05, 0.1) is 26.8 Å². The molecule has 13 nitrogen and oxygen atoms in total. The Kier molecular flexibility index (Phi) is 18.5. The SMILES string of the molecule is CCCCC(=O)OC(CN(CC1CCCCC1)NC(=O)C(NC(=O)OC)C(C)C)C(Cc1ccccc1)NC(=O)C(NC(=O)OC)C(C)C. The van der Waals surface area contributed by atoms with E-state index in [2.05, 4.69) is 21.4 Å². The van der Waals surface area contributed by atoms with Crippen molar-refractivity contribution in [3.8, 4) is 0 Å². The molecule has 4 amide bonds. The molecule has 0 bridgehead atoms. The van der Waals surface area contributed by atoms with Gasteiger partial charge < -0.3 is 30.2 Å². The maximum Gasteiger partial charge on any atom is 0.407 e. The van der Waals surface area contributed by atoms with Crippen LogP contribution in [0.15, 0.2) is 30.3 Å². The molecule has 13 heteroatoms. The molecule has 1 saturated carbocycles. The fourth-order valence-corrected chi connectivity index (χ4v) is 5.94. The molecule has 0 aliphatic heterocycles. The van der Waals surface area contributed by atoms with Crippen molar-refractivity contribution in [2.45, 2.75) is 117 Å². The van der Waals surface area contributed by atoms with Gasteiger partial charge in [0.2, 0.25) is 5.91 Å². The third-order valence-corrected chi connectivity index (χ3v) is 8.78. The molecule has 276 valence electrons. The van der Waals surface area contributed by atoms with Crippen molar-refractivity contribution in [2.24, 2.45) is 17.8 Å². The zero-order valence-corrected chi connectivity index (χ0v) is 30.4. The Morgan fingerprint density at radius 2 is 1.39 bits per heavy atom. The Hall–Kier alpha value is -3.87. The van der Waals surface area contributed by atoms with Crippen molar-refractivity contribution >= 4 is 30.0 Å². The number of alkyl carbamates (subject to hydrolysis) is 2. The minimum absolute atomic E-state index is 0.0672. The summed E-state index contributed by atoms with van der Waals surface area (Å²) in [7, 11) is 2.47. The fourth-order valence-electron chi connectivity index (χ4n) is 5.94. The zero-order valence-electron chi connectivity index (χ0n) is 30.4. The lowest BCUT2D eigenvalue weighted by Crippen LogP contribution is -2.60. The summed E-state index contributed by atoms with van der Waals surface area (Å²) in [5.74, 6) is -1.55. The van der Waals surface area contributed by atoms with E-state index in [1.165, 1.54) is 14.2 Å². The Balaban J connectivity index is 2.54. The number of hydrogen-bond donors (Lipinski definition) is 4. The maximum atomic E-state index is 13.8. The highest BCUT2D eigenvalue weighted by atomic mass is 16.5. The molecule has 0 spiro atoms. The Morgan fingerprint density at radius 3 is 1.92 bits per heavy atom. The van der Waals surface area contributed by atoms with Gasteiger partial charge in [0, 0.05) is 13.0 Å². The monoisotopic (exact) mass is 689 g/mol. The van der Waals surface area contributed by atoms with Crippen LogP contribution in [0.25, 0.3) is 0 Å². The number of hydrazine groups is 1. The molecule has 1 aliphatic rings. The highest BCUT2D eigenvalue weighted by Gasteiger charge is 2.35. The molecule has 0 radical (unpaired) electrons. The van der Waals surface area contributed by atoms with E-state index in [1.807, 2.05) is 65.0 Å². The molecule has 4 unspecified atom stereocenters. The Labute approximate surface area is 291 Å². The van der Waals surface area contributed by atoms with E-state index in [1.54, 1.807) is 5.01 Å². The van der Waals surface area contributed by atoms with Gasteiger partial charge in [-0.1, -0.05) is 90.6 Å². The van der Waals surface area contributed by atoms with Crippen molar-refractivity contribution in [3.63, 3.8) is 0 Å². The van der Waals surface area contributed by atoms with Crippen molar-refractivity contribution < 1.29 is 38.2 Å². The van der Waals surface area contributed by atoms with Crippen LogP contribution in [0.1, 0.15) is 91.5 Å². The second-order valence-corrected chi connectivity index (χ2v) is 13.5. The van der Waals surface area contributed by atoms with Gasteiger partial charge in [-0.15, -0.1) is 0 Å². The highest BCUT2D eigenvalue weighted by Crippen LogP contribution is 2.25. The normalized spacial score (nSPS) is 15.9. The van der Waals surface area contributed by atoms with E-state index in [0.29, 0.717) is 19.4 Å². The summed E-state index contributed by atoms with van der Waals surface area (Å²) in [5, 5.41) is 10.1. The predicted molar refractivity (Wildman–Crippen MR) is 186 cm³/mol. The van der Waals surface area contributed by atoms with Gasteiger partial charge in [-0.3, -0.25) is 19.8 Å². The molecule has 1 aromatic carbocycles. The first-order chi connectivity index (χ1) is 23.4. The minimum atomic E-state index is -0.920. The fraction of sp³-hybridized carbons (Fsp3) is 0.694. The molecule has 49 heavy (non-hydrogen) atoms. The number of amides is 4. The first kappa shape index (κ1) is 41.3. The number of carbonyl (C=O) groups is 5. The van der Waals surface area contributed by atoms with Gasteiger partial charge in [-0.05, 0) is 49.0 Å². The van der Waals surface area contributed by atoms with Gasteiger partial charge in [0.25, 0.3) is 5.91 Å². The molecule has 4 atom stereocenters. The van der Waals surface area contributed by atoms with Crippen LogP contribution in [-0.4, -0.2) is 86.5 Å². The third kappa shape index (κ3) is 15.1.